The van der Waals surface area contributed by atoms with E-state index in [-0.39, 0.29) is 11.3 Å². The number of amides is 1. The van der Waals surface area contributed by atoms with Gasteiger partial charge in [-0.3, -0.25) is 4.79 Å². The lowest BCUT2D eigenvalue weighted by atomic mass is 9.68. The Morgan fingerprint density at radius 1 is 1.62 bits per heavy atom. The fourth-order valence-electron chi connectivity index (χ4n) is 2.24. The maximum Gasteiger partial charge on any atom is 0.230 e. The van der Waals surface area contributed by atoms with Crippen LogP contribution in [-0.4, -0.2) is 24.4 Å². The number of hydrogen-bond acceptors (Lipinski definition) is 3. The van der Waals surface area contributed by atoms with Crippen molar-refractivity contribution in [3.8, 4) is 0 Å². The highest BCUT2D eigenvalue weighted by Crippen LogP contribution is 2.41. The van der Waals surface area contributed by atoms with E-state index in [9.17, 15) is 4.79 Å². The first kappa shape index (κ1) is 11.2. The zero-order valence-electron chi connectivity index (χ0n) is 9.61. The highest BCUT2D eigenvalue weighted by Gasteiger charge is 2.44. The van der Waals surface area contributed by atoms with E-state index in [1.165, 1.54) is 0 Å². The molecular weight excluding hydrogens is 204 g/mol. The molecule has 1 amide bonds. The molecule has 0 atom stereocenters. The van der Waals surface area contributed by atoms with Crippen molar-refractivity contribution in [1.29, 1.82) is 0 Å². The van der Waals surface area contributed by atoms with Gasteiger partial charge in [-0.15, -0.1) is 0 Å². The molecular formula is C12H18N2O2. The van der Waals surface area contributed by atoms with Crippen molar-refractivity contribution in [2.24, 2.45) is 11.1 Å². The largest absolute Gasteiger partial charge is 0.472 e. The number of carbonyl (C=O) groups is 1. The van der Waals surface area contributed by atoms with Crippen molar-refractivity contribution in [3.63, 3.8) is 0 Å². The summed E-state index contributed by atoms with van der Waals surface area (Å²) in [7, 11) is 1.82. The quantitative estimate of drug-likeness (QED) is 0.837. The Kier molecular flexibility index (Phi) is 3.01. The Labute approximate surface area is 95.4 Å². The zero-order valence-corrected chi connectivity index (χ0v) is 9.61. The molecule has 0 bridgehead atoms. The molecule has 1 heterocycles. The molecule has 1 fully saturated rings. The molecule has 0 unspecified atom stereocenters. The van der Waals surface area contributed by atoms with Crippen LogP contribution in [0.1, 0.15) is 24.8 Å². The predicted octanol–water partition coefficient (Wildman–Crippen LogP) is 1.37. The molecule has 2 rings (SSSR count). The minimum Gasteiger partial charge on any atom is -0.472 e. The standard InChI is InChI=1S/C12H18N2O2/c1-14(7-10-3-6-16-8-10)11(15)12(9-13)4-2-5-12/h3,6,8H,2,4-5,7,9,13H2,1H3. The number of hydrogen-bond donors (Lipinski definition) is 1. The first-order chi connectivity index (χ1) is 7.68. The van der Waals surface area contributed by atoms with Crippen LogP contribution in [0.25, 0.3) is 0 Å². The molecule has 1 aliphatic rings. The maximum atomic E-state index is 12.2. The molecule has 0 spiro atoms. The highest BCUT2D eigenvalue weighted by atomic mass is 16.3. The van der Waals surface area contributed by atoms with Crippen LogP contribution in [0, 0.1) is 5.41 Å². The van der Waals surface area contributed by atoms with Gasteiger partial charge in [-0.1, -0.05) is 6.42 Å². The van der Waals surface area contributed by atoms with Crippen LogP contribution in [0.3, 0.4) is 0 Å². The van der Waals surface area contributed by atoms with E-state index in [1.54, 1.807) is 17.4 Å². The van der Waals surface area contributed by atoms with Gasteiger partial charge in [-0.2, -0.15) is 0 Å². The van der Waals surface area contributed by atoms with Gasteiger partial charge in [0.1, 0.15) is 0 Å². The second kappa shape index (κ2) is 4.29. The van der Waals surface area contributed by atoms with Crippen LogP contribution >= 0.6 is 0 Å². The molecule has 88 valence electrons. The van der Waals surface area contributed by atoms with E-state index < -0.39 is 0 Å². The molecule has 1 saturated carbocycles. The molecule has 1 aromatic rings. The Morgan fingerprint density at radius 2 is 2.38 bits per heavy atom. The topological polar surface area (TPSA) is 59.5 Å². The van der Waals surface area contributed by atoms with Gasteiger partial charge in [0, 0.05) is 25.7 Å². The predicted molar refractivity (Wildman–Crippen MR) is 60.5 cm³/mol. The Balaban J connectivity index is 1.99. The molecule has 4 nitrogen and oxygen atoms in total. The summed E-state index contributed by atoms with van der Waals surface area (Å²) in [5.74, 6) is 0.169. The molecule has 4 heteroatoms. The van der Waals surface area contributed by atoms with Gasteiger partial charge in [0.25, 0.3) is 0 Å². The molecule has 0 radical (unpaired) electrons. The minimum atomic E-state index is -0.279. The molecule has 16 heavy (non-hydrogen) atoms. The third kappa shape index (κ3) is 1.85. The molecule has 0 aliphatic heterocycles. The molecule has 1 aliphatic carbocycles. The van der Waals surface area contributed by atoms with E-state index >= 15 is 0 Å². The average molecular weight is 222 g/mol. The van der Waals surface area contributed by atoms with Gasteiger partial charge in [0.15, 0.2) is 0 Å². The summed E-state index contributed by atoms with van der Waals surface area (Å²) in [4.78, 5) is 14.0. The SMILES string of the molecule is CN(Cc1ccoc1)C(=O)C1(CN)CCC1. The normalized spacial score (nSPS) is 17.9. The van der Waals surface area contributed by atoms with Gasteiger partial charge in [0.05, 0.1) is 17.9 Å². The summed E-state index contributed by atoms with van der Waals surface area (Å²) >= 11 is 0. The molecule has 0 aromatic carbocycles. The van der Waals surface area contributed by atoms with Crippen molar-refractivity contribution in [1.82, 2.24) is 4.90 Å². The lowest BCUT2D eigenvalue weighted by Gasteiger charge is -2.41. The summed E-state index contributed by atoms with van der Waals surface area (Å²) in [6, 6.07) is 1.87. The Morgan fingerprint density at radius 3 is 2.81 bits per heavy atom. The summed E-state index contributed by atoms with van der Waals surface area (Å²) in [6.07, 6.45) is 6.26. The van der Waals surface area contributed by atoms with Gasteiger partial charge in [0.2, 0.25) is 5.91 Å². The fourth-order valence-corrected chi connectivity index (χ4v) is 2.24. The third-order valence-corrected chi connectivity index (χ3v) is 3.50. The fraction of sp³-hybridized carbons (Fsp3) is 0.583. The van der Waals surface area contributed by atoms with Crippen LogP contribution in [0.4, 0.5) is 0 Å². The average Bonchev–Trinajstić information content (AvgIpc) is 2.69. The zero-order chi connectivity index (χ0) is 11.6. The smallest absolute Gasteiger partial charge is 0.230 e. The van der Waals surface area contributed by atoms with E-state index in [1.807, 2.05) is 13.1 Å². The summed E-state index contributed by atoms with van der Waals surface area (Å²) in [5, 5.41) is 0. The van der Waals surface area contributed by atoms with Crippen LogP contribution in [0.5, 0.6) is 0 Å². The first-order valence-corrected chi connectivity index (χ1v) is 5.65. The van der Waals surface area contributed by atoms with Crippen molar-refractivity contribution < 1.29 is 9.21 Å². The lowest BCUT2D eigenvalue weighted by Crippen LogP contribution is -2.50. The molecule has 2 N–H and O–H groups in total. The maximum absolute atomic E-state index is 12.2. The van der Waals surface area contributed by atoms with Crippen molar-refractivity contribution >= 4 is 5.91 Å². The van der Waals surface area contributed by atoms with Crippen molar-refractivity contribution in [2.75, 3.05) is 13.6 Å². The number of carbonyl (C=O) groups excluding carboxylic acids is 1. The number of furan rings is 1. The Hall–Kier alpha value is -1.29. The van der Waals surface area contributed by atoms with Gasteiger partial charge < -0.3 is 15.1 Å². The lowest BCUT2D eigenvalue weighted by molar-refractivity contribution is -0.145. The third-order valence-electron chi connectivity index (χ3n) is 3.50. The van der Waals surface area contributed by atoms with Gasteiger partial charge >= 0.3 is 0 Å². The summed E-state index contributed by atoms with van der Waals surface area (Å²) in [5.41, 5.74) is 6.45. The van der Waals surface area contributed by atoms with Crippen LogP contribution < -0.4 is 5.73 Å². The molecule has 0 saturated heterocycles. The van der Waals surface area contributed by atoms with Crippen molar-refractivity contribution in [2.45, 2.75) is 25.8 Å². The van der Waals surface area contributed by atoms with Crippen LogP contribution in [-0.2, 0) is 11.3 Å². The number of nitrogens with zero attached hydrogens (tertiary/aromatic N) is 1. The van der Waals surface area contributed by atoms with E-state index in [0.29, 0.717) is 13.1 Å². The Bertz CT molecular complexity index is 350. The van der Waals surface area contributed by atoms with E-state index in [2.05, 4.69) is 0 Å². The van der Waals surface area contributed by atoms with Crippen molar-refractivity contribution in [3.05, 3.63) is 24.2 Å². The molecule has 1 aromatic heterocycles. The van der Waals surface area contributed by atoms with E-state index in [4.69, 9.17) is 10.2 Å². The second-order valence-corrected chi connectivity index (χ2v) is 4.63. The summed E-state index contributed by atoms with van der Waals surface area (Å²) < 4.78 is 4.98. The number of nitrogens with two attached hydrogens (primary N) is 1. The minimum absolute atomic E-state index is 0.169. The highest BCUT2D eigenvalue weighted by molar-refractivity contribution is 5.83. The van der Waals surface area contributed by atoms with Crippen LogP contribution in [0.2, 0.25) is 0 Å². The van der Waals surface area contributed by atoms with Crippen LogP contribution in [0.15, 0.2) is 23.0 Å². The first-order valence-electron chi connectivity index (χ1n) is 5.65. The monoisotopic (exact) mass is 222 g/mol. The van der Waals surface area contributed by atoms with Gasteiger partial charge in [-0.25, -0.2) is 0 Å². The second-order valence-electron chi connectivity index (χ2n) is 4.63. The summed E-state index contributed by atoms with van der Waals surface area (Å²) in [6.45, 7) is 1.05. The number of rotatable bonds is 4. The van der Waals surface area contributed by atoms with E-state index in [0.717, 1.165) is 24.8 Å². The van der Waals surface area contributed by atoms with Gasteiger partial charge in [-0.05, 0) is 18.9 Å².